The monoisotopic (exact) mass is 578 g/mol. The zero-order valence-corrected chi connectivity index (χ0v) is 29.7. The first-order valence-corrected chi connectivity index (χ1v) is 19.9. The van der Waals surface area contributed by atoms with Crippen LogP contribution in [0.3, 0.4) is 0 Å². The maximum Gasteiger partial charge on any atom is 0.0182 e. The Hall–Kier alpha value is -0.0400. The lowest BCUT2D eigenvalue weighted by Crippen LogP contribution is -2.47. The van der Waals surface area contributed by atoms with Crippen LogP contribution in [-0.2, 0) is 0 Å². The fourth-order valence-corrected chi connectivity index (χ4v) is 7.12. The van der Waals surface area contributed by atoms with Crippen molar-refractivity contribution in [2.75, 3.05) is 0 Å². The molecular weight excluding hydrogens is 494 g/mol. The number of hydrogen-bond donors (Lipinski definition) is 1. The van der Waals surface area contributed by atoms with Crippen molar-refractivity contribution in [3.8, 4) is 0 Å². The minimum Gasteiger partial charge on any atom is -0.325 e. The van der Waals surface area contributed by atoms with Gasteiger partial charge in [0.2, 0.25) is 0 Å². The van der Waals surface area contributed by atoms with Gasteiger partial charge in [-0.2, -0.15) is 0 Å². The summed E-state index contributed by atoms with van der Waals surface area (Å²) in [4.78, 5) is 0. The molecule has 0 radical (unpaired) electrons. The molecule has 0 aromatic carbocycles. The fourth-order valence-electron chi connectivity index (χ4n) is 7.12. The van der Waals surface area contributed by atoms with Gasteiger partial charge in [0.1, 0.15) is 0 Å². The van der Waals surface area contributed by atoms with Crippen LogP contribution < -0.4 is 5.73 Å². The number of hydrogen-bond acceptors (Lipinski definition) is 1. The van der Waals surface area contributed by atoms with Crippen LogP contribution in [0.4, 0.5) is 0 Å². The third-order valence-corrected chi connectivity index (χ3v) is 10.1. The normalized spacial score (nSPS) is 12.8. The van der Waals surface area contributed by atoms with Gasteiger partial charge in [-0.25, -0.2) is 0 Å². The summed E-state index contributed by atoms with van der Waals surface area (Å²) in [6, 6.07) is 0. The lowest BCUT2D eigenvalue weighted by Gasteiger charge is -2.39. The van der Waals surface area contributed by atoms with Crippen LogP contribution in [0.1, 0.15) is 246 Å². The molecule has 0 fully saturated rings. The summed E-state index contributed by atoms with van der Waals surface area (Å²) in [6.07, 6.45) is 47.9. The number of unbranched alkanes of at least 4 members (excludes halogenated alkanes) is 26. The van der Waals surface area contributed by atoms with Crippen molar-refractivity contribution in [1.29, 1.82) is 0 Å². The predicted molar refractivity (Wildman–Crippen MR) is 190 cm³/mol. The molecule has 1 unspecified atom stereocenters. The van der Waals surface area contributed by atoms with Crippen LogP contribution in [0.5, 0.6) is 0 Å². The van der Waals surface area contributed by atoms with E-state index in [9.17, 15) is 0 Å². The summed E-state index contributed by atoms with van der Waals surface area (Å²) in [6.45, 7) is 9.30. The van der Waals surface area contributed by atoms with E-state index in [0.717, 1.165) is 5.92 Å². The molecule has 0 aromatic heterocycles. The quantitative estimate of drug-likeness (QED) is 0.0745. The van der Waals surface area contributed by atoms with E-state index in [1.807, 2.05) is 0 Å². The highest BCUT2D eigenvalue weighted by Crippen LogP contribution is 2.35. The van der Waals surface area contributed by atoms with Crippen molar-refractivity contribution in [2.45, 2.75) is 252 Å². The lowest BCUT2D eigenvalue weighted by molar-refractivity contribution is 0.189. The first-order valence-electron chi connectivity index (χ1n) is 19.9. The summed E-state index contributed by atoms with van der Waals surface area (Å²) in [5, 5.41) is 0. The van der Waals surface area contributed by atoms with Gasteiger partial charge < -0.3 is 5.73 Å². The van der Waals surface area contributed by atoms with E-state index in [0.29, 0.717) is 0 Å². The number of rotatable bonds is 35. The molecule has 0 spiro atoms. The number of nitrogens with two attached hydrogens (primary N) is 1. The summed E-state index contributed by atoms with van der Waals surface area (Å²) in [5.41, 5.74) is 7.62. The van der Waals surface area contributed by atoms with Gasteiger partial charge in [0.05, 0.1) is 0 Å². The summed E-state index contributed by atoms with van der Waals surface area (Å²) in [5.74, 6) is 0.753. The Morgan fingerprint density at radius 3 is 0.805 bits per heavy atom. The van der Waals surface area contributed by atoms with Gasteiger partial charge in [-0.3, -0.25) is 0 Å². The molecule has 0 heterocycles. The molecule has 0 aliphatic rings. The second-order valence-electron chi connectivity index (χ2n) is 14.2. The zero-order chi connectivity index (χ0) is 30.1. The van der Waals surface area contributed by atoms with Crippen LogP contribution >= 0.6 is 0 Å². The molecule has 0 rings (SSSR count). The van der Waals surface area contributed by atoms with Gasteiger partial charge in [0.25, 0.3) is 0 Å². The second-order valence-corrected chi connectivity index (χ2v) is 14.2. The molecule has 1 nitrogen and oxygen atoms in total. The predicted octanol–water partition coefficient (Wildman–Crippen LogP) is 14.6. The average molecular weight is 578 g/mol. The molecule has 1 atom stereocenters. The minimum absolute atomic E-state index is 0.0940. The third-order valence-electron chi connectivity index (χ3n) is 10.1. The van der Waals surface area contributed by atoms with Crippen molar-refractivity contribution in [2.24, 2.45) is 11.7 Å². The van der Waals surface area contributed by atoms with E-state index in [2.05, 4.69) is 27.7 Å². The highest BCUT2D eigenvalue weighted by atomic mass is 14.8. The SMILES string of the molecule is CCCCCCCCCCCCCCC(CCCCCCCC)C(N)(CCCCCCCC)CCCCCCCC. The Bertz CT molecular complexity index is 455. The van der Waals surface area contributed by atoms with Gasteiger partial charge in [-0.15, -0.1) is 0 Å². The Morgan fingerprint density at radius 2 is 0.537 bits per heavy atom. The summed E-state index contributed by atoms with van der Waals surface area (Å²) < 4.78 is 0. The van der Waals surface area contributed by atoms with Gasteiger partial charge in [-0.1, -0.05) is 220 Å². The van der Waals surface area contributed by atoms with Gasteiger partial charge in [0.15, 0.2) is 0 Å². The van der Waals surface area contributed by atoms with Gasteiger partial charge in [-0.05, 0) is 31.6 Å². The van der Waals surface area contributed by atoms with Crippen LogP contribution in [-0.4, -0.2) is 5.54 Å². The second kappa shape index (κ2) is 32.9. The van der Waals surface area contributed by atoms with E-state index in [-0.39, 0.29) is 5.54 Å². The lowest BCUT2D eigenvalue weighted by atomic mass is 9.72. The molecule has 0 aliphatic heterocycles. The molecule has 1 heteroatoms. The van der Waals surface area contributed by atoms with E-state index >= 15 is 0 Å². The molecule has 0 bridgehead atoms. The molecule has 248 valence electrons. The molecule has 0 aromatic rings. The van der Waals surface area contributed by atoms with Crippen molar-refractivity contribution < 1.29 is 0 Å². The third kappa shape index (κ3) is 27.3. The highest BCUT2D eigenvalue weighted by Gasteiger charge is 2.33. The molecule has 0 aliphatic carbocycles. The van der Waals surface area contributed by atoms with E-state index < -0.39 is 0 Å². The molecule has 0 saturated heterocycles. The van der Waals surface area contributed by atoms with Crippen molar-refractivity contribution >= 4 is 0 Å². The van der Waals surface area contributed by atoms with Crippen LogP contribution in [0.25, 0.3) is 0 Å². The van der Waals surface area contributed by atoms with Crippen LogP contribution in [0.2, 0.25) is 0 Å². The van der Waals surface area contributed by atoms with E-state index in [1.54, 1.807) is 0 Å². The molecule has 0 amide bonds. The summed E-state index contributed by atoms with van der Waals surface area (Å²) >= 11 is 0. The van der Waals surface area contributed by atoms with E-state index in [4.69, 9.17) is 5.73 Å². The standard InChI is InChI=1S/C40H83N/c1-5-9-13-17-21-22-23-24-25-26-28-32-36-39(35-31-27-18-14-10-6-2)40(41,37-33-29-19-15-11-7-3)38-34-30-20-16-12-8-4/h39H,5-38,41H2,1-4H3. The Kier molecular flexibility index (Phi) is 32.8. The summed E-state index contributed by atoms with van der Waals surface area (Å²) in [7, 11) is 0. The van der Waals surface area contributed by atoms with E-state index in [1.165, 1.54) is 218 Å². The first-order chi connectivity index (χ1) is 20.1. The van der Waals surface area contributed by atoms with Crippen molar-refractivity contribution in [1.82, 2.24) is 0 Å². The Balaban J connectivity index is 4.76. The maximum atomic E-state index is 7.53. The minimum atomic E-state index is 0.0940. The van der Waals surface area contributed by atoms with Crippen LogP contribution in [0, 0.1) is 5.92 Å². The molecular formula is C40H83N. The topological polar surface area (TPSA) is 26.0 Å². The average Bonchev–Trinajstić information content (AvgIpc) is 2.97. The maximum absolute atomic E-state index is 7.53. The molecule has 0 saturated carbocycles. The zero-order valence-electron chi connectivity index (χ0n) is 29.7. The first kappa shape index (κ1) is 41.0. The van der Waals surface area contributed by atoms with Crippen molar-refractivity contribution in [3.05, 3.63) is 0 Å². The smallest absolute Gasteiger partial charge is 0.0182 e. The fraction of sp³-hybridized carbons (Fsp3) is 1.00. The molecule has 2 N–H and O–H groups in total. The molecule has 41 heavy (non-hydrogen) atoms. The Labute approximate surface area is 262 Å². The van der Waals surface area contributed by atoms with Crippen molar-refractivity contribution in [3.63, 3.8) is 0 Å². The van der Waals surface area contributed by atoms with Gasteiger partial charge >= 0.3 is 0 Å². The van der Waals surface area contributed by atoms with Crippen LogP contribution in [0.15, 0.2) is 0 Å². The highest BCUT2D eigenvalue weighted by molar-refractivity contribution is 4.91. The largest absolute Gasteiger partial charge is 0.325 e. The van der Waals surface area contributed by atoms with Gasteiger partial charge in [0, 0.05) is 5.54 Å². The Morgan fingerprint density at radius 1 is 0.317 bits per heavy atom.